The summed E-state index contributed by atoms with van der Waals surface area (Å²) in [7, 11) is 3.47. The maximum absolute atomic E-state index is 6.00. The molecule has 1 unspecified atom stereocenters. The quantitative estimate of drug-likeness (QED) is 0.540. The summed E-state index contributed by atoms with van der Waals surface area (Å²) >= 11 is 0. The molecule has 1 aliphatic rings. The van der Waals surface area contributed by atoms with Gasteiger partial charge in [0.15, 0.2) is 17.5 Å². The molecule has 1 fully saturated rings. The van der Waals surface area contributed by atoms with Crippen LogP contribution in [0.3, 0.4) is 0 Å². The lowest BCUT2D eigenvalue weighted by atomic mass is 10.0. The second-order valence-electron chi connectivity index (χ2n) is 7.65. The van der Waals surface area contributed by atoms with Crippen LogP contribution < -0.4 is 20.1 Å². The normalized spacial score (nSPS) is 17.6. The van der Waals surface area contributed by atoms with E-state index in [4.69, 9.17) is 9.47 Å². The molecule has 1 atom stereocenters. The van der Waals surface area contributed by atoms with Crippen LogP contribution in [0.25, 0.3) is 0 Å². The molecule has 6 nitrogen and oxygen atoms in total. The standard InChI is InChI=1S/C21H36N4O2/c1-16(2)15-25-12-10-18(11-13-25)24-21(22-4)23-14-17(3)27-20-9-7-6-8-19(20)26-5/h6-9,16-18H,10-15H2,1-5H3,(H2,22,23,24). The zero-order valence-electron chi connectivity index (χ0n) is 17.5. The number of nitrogens with one attached hydrogen (secondary N) is 2. The first kappa shape index (κ1) is 21.4. The minimum atomic E-state index is -0.00672. The molecule has 1 aromatic rings. The Balaban J connectivity index is 1.74. The van der Waals surface area contributed by atoms with E-state index in [1.807, 2.05) is 38.2 Å². The number of likely N-dealkylation sites (tertiary alicyclic amines) is 1. The summed E-state index contributed by atoms with van der Waals surface area (Å²) < 4.78 is 11.3. The molecule has 0 aromatic heterocycles. The number of para-hydroxylation sites is 2. The van der Waals surface area contributed by atoms with E-state index in [1.54, 1.807) is 7.11 Å². The van der Waals surface area contributed by atoms with Crippen molar-refractivity contribution in [3.8, 4) is 11.5 Å². The number of nitrogens with zero attached hydrogens (tertiary/aromatic N) is 2. The fourth-order valence-corrected chi connectivity index (χ4v) is 3.38. The van der Waals surface area contributed by atoms with Gasteiger partial charge in [-0.3, -0.25) is 4.99 Å². The highest BCUT2D eigenvalue weighted by Gasteiger charge is 2.20. The first-order chi connectivity index (χ1) is 13.0. The monoisotopic (exact) mass is 376 g/mol. The van der Waals surface area contributed by atoms with Gasteiger partial charge in [-0.2, -0.15) is 0 Å². The predicted molar refractivity (Wildman–Crippen MR) is 112 cm³/mol. The molecule has 0 spiro atoms. The van der Waals surface area contributed by atoms with Gasteiger partial charge in [0.05, 0.1) is 13.7 Å². The minimum absolute atomic E-state index is 0.00672. The summed E-state index contributed by atoms with van der Waals surface area (Å²) in [6.45, 7) is 10.8. The van der Waals surface area contributed by atoms with Crippen LogP contribution in [0.2, 0.25) is 0 Å². The third-order valence-corrected chi connectivity index (χ3v) is 4.73. The highest BCUT2D eigenvalue weighted by Crippen LogP contribution is 2.26. The maximum Gasteiger partial charge on any atom is 0.191 e. The van der Waals surface area contributed by atoms with Crippen LogP contribution in [-0.4, -0.2) is 63.3 Å². The number of hydrogen-bond donors (Lipinski definition) is 2. The lowest BCUT2D eigenvalue weighted by molar-refractivity contribution is 0.186. The van der Waals surface area contributed by atoms with E-state index in [9.17, 15) is 0 Å². The van der Waals surface area contributed by atoms with Gasteiger partial charge in [0.1, 0.15) is 6.10 Å². The summed E-state index contributed by atoms with van der Waals surface area (Å²) in [5.41, 5.74) is 0. The number of guanidine groups is 1. The molecule has 0 bridgehead atoms. The molecule has 2 rings (SSSR count). The summed E-state index contributed by atoms with van der Waals surface area (Å²) in [6, 6.07) is 8.19. The van der Waals surface area contributed by atoms with E-state index in [0.29, 0.717) is 12.6 Å². The topological polar surface area (TPSA) is 58.1 Å². The summed E-state index contributed by atoms with van der Waals surface area (Å²) in [5.74, 6) is 3.08. The lowest BCUT2D eigenvalue weighted by Gasteiger charge is -2.34. The van der Waals surface area contributed by atoms with Gasteiger partial charge in [-0.05, 0) is 37.8 Å². The van der Waals surface area contributed by atoms with Gasteiger partial charge in [-0.15, -0.1) is 0 Å². The van der Waals surface area contributed by atoms with Crippen molar-refractivity contribution in [2.75, 3.05) is 40.3 Å². The van der Waals surface area contributed by atoms with Crippen molar-refractivity contribution in [2.24, 2.45) is 10.9 Å². The van der Waals surface area contributed by atoms with Crippen LogP contribution in [0.4, 0.5) is 0 Å². The molecular weight excluding hydrogens is 340 g/mol. The van der Waals surface area contributed by atoms with Gasteiger partial charge < -0.3 is 25.0 Å². The number of hydrogen-bond acceptors (Lipinski definition) is 4. The number of aliphatic imine (C=N–C) groups is 1. The Morgan fingerprint density at radius 2 is 1.85 bits per heavy atom. The number of ether oxygens (including phenoxy) is 2. The molecule has 0 aliphatic carbocycles. The Morgan fingerprint density at radius 1 is 1.19 bits per heavy atom. The average molecular weight is 377 g/mol. The van der Waals surface area contributed by atoms with Gasteiger partial charge in [0.25, 0.3) is 0 Å². The highest BCUT2D eigenvalue weighted by atomic mass is 16.5. The van der Waals surface area contributed by atoms with Crippen molar-refractivity contribution in [2.45, 2.75) is 45.8 Å². The molecule has 6 heteroatoms. The Morgan fingerprint density at radius 3 is 2.44 bits per heavy atom. The number of methoxy groups -OCH3 is 1. The Hall–Kier alpha value is -1.95. The Bertz CT molecular complexity index is 583. The molecule has 1 heterocycles. The van der Waals surface area contributed by atoms with E-state index in [-0.39, 0.29) is 6.10 Å². The molecule has 0 radical (unpaired) electrons. The molecule has 2 N–H and O–H groups in total. The third kappa shape index (κ3) is 7.29. The van der Waals surface area contributed by atoms with E-state index in [1.165, 1.54) is 6.54 Å². The SMILES string of the molecule is CN=C(NCC(C)Oc1ccccc1OC)NC1CCN(CC(C)C)CC1. The number of rotatable bonds is 8. The van der Waals surface area contributed by atoms with Crippen molar-refractivity contribution < 1.29 is 9.47 Å². The smallest absolute Gasteiger partial charge is 0.191 e. The second-order valence-corrected chi connectivity index (χ2v) is 7.65. The van der Waals surface area contributed by atoms with Crippen molar-refractivity contribution in [1.82, 2.24) is 15.5 Å². The molecule has 1 aliphatic heterocycles. The van der Waals surface area contributed by atoms with Crippen LogP contribution in [0, 0.1) is 5.92 Å². The first-order valence-electron chi connectivity index (χ1n) is 10.0. The van der Waals surface area contributed by atoms with Crippen LogP contribution in [0.5, 0.6) is 11.5 Å². The highest BCUT2D eigenvalue weighted by molar-refractivity contribution is 5.80. The number of piperidine rings is 1. The van der Waals surface area contributed by atoms with Crippen LogP contribution >= 0.6 is 0 Å². The van der Waals surface area contributed by atoms with Crippen LogP contribution in [0.15, 0.2) is 29.3 Å². The fraction of sp³-hybridized carbons (Fsp3) is 0.667. The van der Waals surface area contributed by atoms with Gasteiger partial charge in [0, 0.05) is 32.7 Å². The zero-order chi connectivity index (χ0) is 19.6. The first-order valence-corrected chi connectivity index (χ1v) is 10.0. The van der Waals surface area contributed by atoms with Crippen LogP contribution in [-0.2, 0) is 0 Å². The number of benzene rings is 1. The van der Waals surface area contributed by atoms with Crippen molar-refractivity contribution in [3.05, 3.63) is 24.3 Å². The van der Waals surface area contributed by atoms with Gasteiger partial charge in [-0.25, -0.2) is 0 Å². The Labute approximate surface area is 164 Å². The molecule has 1 aromatic carbocycles. The zero-order valence-corrected chi connectivity index (χ0v) is 17.5. The van der Waals surface area contributed by atoms with E-state index >= 15 is 0 Å². The molecule has 0 saturated carbocycles. The summed E-state index contributed by atoms with van der Waals surface area (Å²) in [6.07, 6.45) is 2.30. The second kappa shape index (κ2) is 11.0. The van der Waals surface area contributed by atoms with Gasteiger partial charge in [-0.1, -0.05) is 26.0 Å². The van der Waals surface area contributed by atoms with Crippen molar-refractivity contribution in [1.29, 1.82) is 0 Å². The average Bonchev–Trinajstić information content (AvgIpc) is 2.66. The van der Waals surface area contributed by atoms with Gasteiger partial charge in [0.2, 0.25) is 0 Å². The van der Waals surface area contributed by atoms with Crippen molar-refractivity contribution in [3.63, 3.8) is 0 Å². The maximum atomic E-state index is 6.00. The fourth-order valence-electron chi connectivity index (χ4n) is 3.38. The van der Waals surface area contributed by atoms with E-state index in [2.05, 4.69) is 34.4 Å². The molecule has 1 saturated heterocycles. The predicted octanol–water partition coefficient (Wildman–Crippen LogP) is 2.75. The minimum Gasteiger partial charge on any atom is -0.493 e. The van der Waals surface area contributed by atoms with E-state index in [0.717, 1.165) is 49.3 Å². The van der Waals surface area contributed by atoms with Gasteiger partial charge >= 0.3 is 0 Å². The third-order valence-electron chi connectivity index (χ3n) is 4.73. The summed E-state index contributed by atoms with van der Waals surface area (Å²) in [5, 5.41) is 6.93. The van der Waals surface area contributed by atoms with Crippen LogP contribution in [0.1, 0.15) is 33.6 Å². The summed E-state index contributed by atoms with van der Waals surface area (Å²) in [4.78, 5) is 6.92. The molecular formula is C21H36N4O2. The Kier molecular flexibility index (Phi) is 8.72. The largest absolute Gasteiger partial charge is 0.493 e. The molecule has 152 valence electrons. The molecule has 27 heavy (non-hydrogen) atoms. The van der Waals surface area contributed by atoms with E-state index < -0.39 is 0 Å². The lowest BCUT2D eigenvalue weighted by Crippen LogP contribution is -2.50. The van der Waals surface area contributed by atoms with Crippen molar-refractivity contribution >= 4 is 5.96 Å². The molecule has 0 amide bonds.